The van der Waals surface area contributed by atoms with Crippen LogP contribution in [0, 0.1) is 0 Å². The third kappa shape index (κ3) is 3.85. The summed E-state index contributed by atoms with van der Waals surface area (Å²) in [5.41, 5.74) is 0.477. The van der Waals surface area contributed by atoms with Crippen LogP contribution < -0.4 is 10.0 Å². The molecule has 3 rings (SSSR count). The molecule has 1 aromatic rings. The van der Waals surface area contributed by atoms with Gasteiger partial charge in [-0.2, -0.15) is 0 Å². The fraction of sp³-hybridized carbons (Fsp3) is 0.533. The molecular weight excluding hydrogens is 304 g/mol. The van der Waals surface area contributed by atoms with Crippen molar-refractivity contribution in [2.45, 2.75) is 42.7 Å². The zero-order valence-electron chi connectivity index (χ0n) is 12.2. The molecule has 0 spiro atoms. The molecule has 1 heterocycles. The van der Waals surface area contributed by atoms with Gasteiger partial charge in [0.05, 0.1) is 11.0 Å². The van der Waals surface area contributed by atoms with Crippen molar-refractivity contribution in [3.8, 4) is 0 Å². The number of benzene rings is 1. The summed E-state index contributed by atoms with van der Waals surface area (Å²) in [6, 6.07) is 6.28. The molecule has 6 nitrogen and oxygen atoms in total. The molecule has 1 aromatic carbocycles. The fourth-order valence-electron chi connectivity index (χ4n) is 2.37. The molecule has 0 aromatic heterocycles. The van der Waals surface area contributed by atoms with Gasteiger partial charge in [0, 0.05) is 24.8 Å². The first-order valence-corrected chi connectivity index (χ1v) is 9.05. The minimum absolute atomic E-state index is 0.0432. The number of ether oxygens (including phenoxy) is 1. The molecule has 2 fully saturated rings. The van der Waals surface area contributed by atoms with E-state index in [-0.39, 0.29) is 29.5 Å². The van der Waals surface area contributed by atoms with E-state index in [0.717, 1.165) is 25.7 Å². The molecule has 1 atom stereocenters. The first kappa shape index (κ1) is 15.5. The number of amides is 1. The van der Waals surface area contributed by atoms with E-state index in [4.69, 9.17) is 4.74 Å². The van der Waals surface area contributed by atoms with Crippen LogP contribution >= 0.6 is 0 Å². The molecule has 2 aliphatic rings. The Bertz CT molecular complexity index is 632. The lowest BCUT2D eigenvalue weighted by molar-refractivity contribution is 0.0951. The van der Waals surface area contributed by atoms with Gasteiger partial charge >= 0.3 is 0 Å². The van der Waals surface area contributed by atoms with Crippen molar-refractivity contribution in [2.24, 2.45) is 0 Å². The van der Waals surface area contributed by atoms with Gasteiger partial charge in [0.1, 0.15) is 0 Å². The van der Waals surface area contributed by atoms with Crippen molar-refractivity contribution in [1.29, 1.82) is 0 Å². The lowest BCUT2D eigenvalue weighted by atomic mass is 10.2. The lowest BCUT2D eigenvalue weighted by Gasteiger charge is -2.11. The van der Waals surface area contributed by atoms with Gasteiger partial charge in [0.15, 0.2) is 0 Å². The van der Waals surface area contributed by atoms with Crippen molar-refractivity contribution in [3.63, 3.8) is 0 Å². The van der Waals surface area contributed by atoms with Crippen LogP contribution in [0.1, 0.15) is 36.0 Å². The van der Waals surface area contributed by atoms with Crippen molar-refractivity contribution >= 4 is 15.9 Å². The molecule has 7 heteroatoms. The SMILES string of the molecule is O=C(NC1CC1)c1ccc(S(=O)(=O)NC[C@H]2CCCO2)cc1. The molecule has 0 unspecified atom stereocenters. The van der Waals surface area contributed by atoms with Gasteiger partial charge < -0.3 is 10.1 Å². The molecule has 22 heavy (non-hydrogen) atoms. The molecule has 2 N–H and O–H groups in total. The molecule has 1 saturated carbocycles. The number of hydrogen-bond donors (Lipinski definition) is 2. The number of sulfonamides is 1. The number of carbonyl (C=O) groups excluding carboxylic acids is 1. The monoisotopic (exact) mass is 324 g/mol. The second kappa shape index (κ2) is 6.36. The van der Waals surface area contributed by atoms with E-state index in [1.54, 1.807) is 12.1 Å². The maximum atomic E-state index is 12.2. The molecule has 120 valence electrons. The molecule has 0 radical (unpaired) electrons. The average Bonchev–Trinajstić information content (AvgIpc) is 3.16. The Morgan fingerprint density at radius 2 is 1.91 bits per heavy atom. The maximum absolute atomic E-state index is 12.2. The number of carbonyl (C=O) groups is 1. The van der Waals surface area contributed by atoms with Crippen LogP contribution in [0.3, 0.4) is 0 Å². The zero-order valence-corrected chi connectivity index (χ0v) is 13.1. The van der Waals surface area contributed by atoms with Crippen LogP contribution in [0.15, 0.2) is 29.2 Å². The number of hydrogen-bond acceptors (Lipinski definition) is 4. The first-order valence-electron chi connectivity index (χ1n) is 7.57. The van der Waals surface area contributed by atoms with Crippen molar-refractivity contribution in [2.75, 3.05) is 13.2 Å². The van der Waals surface area contributed by atoms with Gasteiger partial charge in [-0.15, -0.1) is 0 Å². The van der Waals surface area contributed by atoms with Crippen LogP contribution in [-0.4, -0.2) is 39.6 Å². The first-order chi connectivity index (χ1) is 10.5. The maximum Gasteiger partial charge on any atom is 0.251 e. The Hall–Kier alpha value is -1.44. The Kier molecular flexibility index (Phi) is 4.46. The summed E-state index contributed by atoms with van der Waals surface area (Å²) in [5.74, 6) is -0.154. The Balaban J connectivity index is 1.61. The highest BCUT2D eigenvalue weighted by Gasteiger charge is 2.24. The summed E-state index contributed by atoms with van der Waals surface area (Å²) < 4.78 is 32.3. The Morgan fingerprint density at radius 1 is 1.18 bits per heavy atom. The second-order valence-corrected chi connectivity index (χ2v) is 7.53. The van der Waals surface area contributed by atoms with Crippen LogP contribution in [0.2, 0.25) is 0 Å². The third-order valence-electron chi connectivity index (χ3n) is 3.86. The van der Waals surface area contributed by atoms with Gasteiger partial charge in [-0.3, -0.25) is 4.79 Å². The van der Waals surface area contributed by atoms with Crippen LogP contribution in [0.5, 0.6) is 0 Å². The van der Waals surface area contributed by atoms with E-state index in [1.165, 1.54) is 12.1 Å². The fourth-order valence-corrected chi connectivity index (χ4v) is 3.44. The minimum atomic E-state index is -3.56. The third-order valence-corrected chi connectivity index (χ3v) is 5.30. The highest BCUT2D eigenvalue weighted by atomic mass is 32.2. The summed E-state index contributed by atoms with van der Waals surface area (Å²) in [4.78, 5) is 12.0. The summed E-state index contributed by atoms with van der Waals surface area (Å²) in [5, 5.41) is 2.87. The summed E-state index contributed by atoms with van der Waals surface area (Å²) >= 11 is 0. The van der Waals surface area contributed by atoms with Crippen molar-refractivity contribution < 1.29 is 17.9 Å². The molecule has 1 saturated heterocycles. The predicted molar refractivity (Wildman–Crippen MR) is 81.1 cm³/mol. The predicted octanol–water partition coefficient (Wildman–Crippen LogP) is 1.04. The normalized spacial score (nSPS) is 21.7. The van der Waals surface area contributed by atoms with Crippen LogP contribution in [0.25, 0.3) is 0 Å². The van der Waals surface area contributed by atoms with Crippen LogP contribution in [-0.2, 0) is 14.8 Å². The van der Waals surface area contributed by atoms with E-state index in [9.17, 15) is 13.2 Å². The largest absolute Gasteiger partial charge is 0.377 e. The van der Waals surface area contributed by atoms with Crippen molar-refractivity contribution in [1.82, 2.24) is 10.0 Å². The van der Waals surface area contributed by atoms with Gasteiger partial charge in [0.25, 0.3) is 5.91 Å². The van der Waals surface area contributed by atoms with E-state index < -0.39 is 10.0 Å². The number of rotatable bonds is 6. The van der Waals surface area contributed by atoms with Gasteiger partial charge in [-0.05, 0) is 49.9 Å². The molecular formula is C15H20N2O4S. The zero-order chi connectivity index (χ0) is 15.6. The smallest absolute Gasteiger partial charge is 0.251 e. The molecule has 0 bridgehead atoms. The molecule has 1 aliphatic heterocycles. The Morgan fingerprint density at radius 3 is 2.50 bits per heavy atom. The quantitative estimate of drug-likeness (QED) is 0.819. The summed E-state index contributed by atoms with van der Waals surface area (Å²) in [6.45, 7) is 0.976. The highest BCUT2D eigenvalue weighted by molar-refractivity contribution is 7.89. The molecule has 1 amide bonds. The summed E-state index contributed by atoms with van der Waals surface area (Å²) in [6.07, 6.45) is 3.84. The summed E-state index contributed by atoms with van der Waals surface area (Å²) in [7, 11) is -3.56. The second-order valence-electron chi connectivity index (χ2n) is 5.76. The van der Waals surface area contributed by atoms with E-state index in [2.05, 4.69) is 10.0 Å². The van der Waals surface area contributed by atoms with Crippen molar-refractivity contribution in [3.05, 3.63) is 29.8 Å². The van der Waals surface area contributed by atoms with Gasteiger partial charge in [-0.25, -0.2) is 13.1 Å². The molecule has 1 aliphatic carbocycles. The van der Waals surface area contributed by atoms with E-state index in [0.29, 0.717) is 12.2 Å². The van der Waals surface area contributed by atoms with Gasteiger partial charge in [-0.1, -0.05) is 0 Å². The van der Waals surface area contributed by atoms with E-state index >= 15 is 0 Å². The lowest BCUT2D eigenvalue weighted by Crippen LogP contribution is -2.32. The van der Waals surface area contributed by atoms with Crippen LogP contribution in [0.4, 0.5) is 0 Å². The standard InChI is InChI=1S/C15H20N2O4S/c18-15(17-12-5-6-12)11-3-7-14(8-4-11)22(19,20)16-10-13-2-1-9-21-13/h3-4,7-8,12-13,16H,1-2,5-6,9-10H2,(H,17,18)/t13-/m1/s1. The number of nitrogens with one attached hydrogen (secondary N) is 2. The Labute approximate surface area is 130 Å². The van der Waals surface area contributed by atoms with Gasteiger partial charge in [0.2, 0.25) is 10.0 Å². The average molecular weight is 324 g/mol. The highest BCUT2D eigenvalue weighted by Crippen LogP contribution is 2.20. The minimum Gasteiger partial charge on any atom is -0.377 e. The topological polar surface area (TPSA) is 84.5 Å². The van der Waals surface area contributed by atoms with E-state index in [1.807, 2.05) is 0 Å².